The molecular formula is C19H17ClN2O5. The molecule has 0 aromatic heterocycles. The highest BCUT2D eigenvalue weighted by Crippen LogP contribution is 2.34. The van der Waals surface area contributed by atoms with E-state index < -0.39 is 23.8 Å². The standard InChI is InChI=1S/C19H17ClN2O5/c1-10-13(20)4-3-5-14(10)21-18(24)11(2)22-15-8-12(19(25)26)6-7-16(15)27-9-17(22)23/h3-8,11H,9H2,1-2H3,(H,21,24)(H,25,26). The van der Waals surface area contributed by atoms with E-state index in [1.807, 2.05) is 0 Å². The maximum atomic E-state index is 12.7. The molecule has 0 saturated heterocycles. The number of hydrogen-bond donors (Lipinski definition) is 2. The molecule has 3 rings (SSSR count). The first-order valence-electron chi connectivity index (χ1n) is 8.17. The molecule has 27 heavy (non-hydrogen) atoms. The predicted molar refractivity (Wildman–Crippen MR) is 101 cm³/mol. The average Bonchev–Trinajstić information content (AvgIpc) is 2.64. The van der Waals surface area contributed by atoms with Gasteiger partial charge in [0.1, 0.15) is 11.8 Å². The molecule has 0 bridgehead atoms. The number of benzene rings is 2. The van der Waals surface area contributed by atoms with Crippen LogP contribution < -0.4 is 15.0 Å². The number of amides is 2. The first-order chi connectivity index (χ1) is 12.8. The number of carboxylic acid groups (broad SMARTS) is 1. The average molecular weight is 389 g/mol. The van der Waals surface area contributed by atoms with Crippen molar-refractivity contribution in [2.45, 2.75) is 19.9 Å². The van der Waals surface area contributed by atoms with Crippen LogP contribution in [0.15, 0.2) is 36.4 Å². The van der Waals surface area contributed by atoms with E-state index in [0.717, 1.165) is 0 Å². The molecule has 2 aromatic rings. The van der Waals surface area contributed by atoms with Crippen LogP contribution in [0.2, 0.25) is 5.02 Å². The van der Waals surface area contributed by atoms with Crippen LogP contribution in [0.5, 0.6) is 5.75 Å². The van der Waals surface area contributed by atoms with Crippen LogP contribution in [-0.2, 0) is 9.59 Å². The highest BCUT2D eigenvalue weighted by atomic mass is 35.5. The van der Waals surface area contributed by atoms with E-state index in [1.54, 1.807) is 32.0 Å². The van der Waals surface area contributed by atoms with Gasteiger partial charge in [-0.2, -0.15) is 0 Å². The Hall–Kier alpha value is -3.06. The lowest BCUT2D eigenvalue weighted by atomic mass is 10.1. The third-order valence-corrected chi connectivity index (χ3v) is 4.79. The molecular weight excluding hydrogens is 372 g/mol. The van der Waals surface area contributed by atoms with Crippen molar-refractivity contribution >= 4 is 40.8 Å². The lowest BCUT2D eigenvalue weighted by Crippen LogP contribution is -2.49. The SMILES string of the molecule is Cc1c(Cl)cccc1NC(=O)C(C)N1C(=O)COc2ccc(C(=O)O)cc21. The molecule has 0 aliphatic carbocycles. The summed E-state index contributed by atoms with van der Waals surface area (Å²) in [6, 6.07) is 8.43. The quantitative estimate of drug-likeness (QED) is 0.839. The number of carbonyl (C=O) groups excluding carboxylic acids is 2. The Kier molecular flexibility index (Phi) is 5.05. The van der Waals surface area contributed by atoms with Crippen LogP contribution in [0.4, 0.5) is 11.4 Å². The van der Waals surface area contributed by atoms with Gasteiger partial charge in [0.25, 0.3) is 5.91 Å². The second-order valence-electron chi connectivity index (χ2n) is 6.12. The number of halogens is 1. The van der Waals surface area contributed by atoms with Crippen LogP contribution >= 0.6 is 11.6 Å². The van der Waals surface area contributed by atoms with Crippen LogP contribution in [0.3, 0.4) is 0 Å². The molecule has 0 spiro atoms. The summed E-state index contributed by atoms with van der Waals surface area (Å²) >= 11 is 6.07. The van der Waals surface area contributed by atoms with E-state index >= 15 is 0 Å². The Morgan fingerprint density at radius 1 is 1.30 bits per heavy atom. The Morgan fingerprint density at radius 3 is 2.74 bits per heavy atom. The minimum atomic E-state index is -1.14. The predicted octanol–water partition coefficient (Wildman–Crippen LogP) is 3.10. The minimum Gasteiger partial charge on any atom is -0.482 e. The number of ether oxygens (including phenoxy) is 1. The fraction of sp³-hybridized carbons (Fsp3) is 0.211. The van der Waals surface area contributed by atoms with Gasteiger partial charge in [-0.15, -0.1) is 0 Å². The molecule has 1 aliphatic heterocycles. The van der Waals surface area contributed by atoms with E-state index in [-0.39, 0.29) is 17.9 Å². The zero-order valence-electron chi connectivity index (χ0n) is 14.7. The van der Waals surface area contributed by atoms with Gasteiger partial charge in [-0.25, -0.2) is 4.79 Å². The number of fused-ring (bicyclic) bond motifs is 1. The van der Waals surface area contributed by atoms with Gasteiger partial charge < -0.3 is 15.2 Å². The molecule has 7 nitrogen and oxygen atoms in total. The number of nitrogens with one attached hydrogen (secondary N) is 1. The molecule has 8 heteroatoms. The first-order valence-corrected chi connectivity index (χ1v) is 8.55. The van der Waals surface area contributed by atoms with Gasteiger partial charge in [0, 0.05) is 10.7 Å². The summed E-state index contributed by atoms with van der Waals surface area (Å²) in [6.45, 7) is 3.11. The number of carbonyl (C=O) groups is 3. The van der Waals surface area contributed by atoms with E-state index in [2.05, 4.69) is 5.32 Å². The van der Waals surface area contributed by atoms with Crippen molar-refractivity contribution in [1.82, 2.24) is 0 Å². The highest BCUT2D eigenvalue weighted by Gasteiger charge is 2.34. The molecule has 0 fully saturated rings. The summed E-state index contributed by atoms with van der Waals surface area (Å²) in [5.41, 5.74) is 1.49. The van der Waals surface area contributed by atoms with Crippen molar-refractivity contribution in [3.63, 3.8) is 0 Å². The van der Waals surface area contributed by atoms with E-state index in [4.69, 9.17) is 16.3 Å². The number of carboxylic acids is 1. The van der Waals surface area contributed by atoms with Crippen molar-refractivity contribution < 1.29 is 24.2 Å². The Balaban J connectivity index is 1.92. The van der Waals surface area contributed by atoms with E-state index in [9.17, 15) is 19.5 Å². The van der Waals surface area contributed by atoms with E-state index in [1.165, 1.54) is 23.1 Å². The Labute approximate surface area is 160 Å². The molecule has 2 aromatic carbocycles. The Morgan fingerprint density at radius 2 is 2.04 bits per heavy atom. The lowest BCUT2D eigenvalue weighted by molar-refractivity contribution is -0.125. The maximum absolute atomic E-state index is 12.7. The Bertz CT molecular complexity index is 944. The van der Waals surface area contributed by atoms with Crippen LogP contribution in [0, 0.1) is 6.92 Å². The molecule has 1 heterocycles. The first kappa shape index (κ1) is 18.7. The van der Waals surface area contributed by atoms with Crippen molar-refractivity contribution in [2.75, 3.05) is 16.8 Å². The number of hydrogen-bond acceptors (Lipinski definition) is 4. The van der Waals surface area contributed by atoms with Crippen molar-refractivity contribution in [3.8, 4) is 5.75 Å². The van der Waals surface area contributed by atoms with Crippen LogP contribution in [-0.4, -0.2) is 35.5 Å². The minimum absolute atomic E-state index is 0.00431. The molecule has 1 aliphatic rings. The third kappa shape index (κ3) is 3.59. The molecule has 1 atom stereocenters. The van der Waals surface area contributed by atoms with Crippen LogP contribution in [0.1, 0.15) is 22.8 Å². The summed E-state index contributed by atoms with van der Waals surface area (Å²) in [6.07, 6.45) is 0. The van der Waals surface area contributed by atoms with Crippen molar-refractivity contribution in [1.29, 1.82) is 0 Å². The lowest BCUT2D eigenvalue weighted by Gasteiger charge is -2.33. The second kappa shape index (κ2) is 7.28. The van der Waals surface area contributed by atoms with Gasteiger partial charge in [0.05, 0.1) is 11.3 Å². The smallest absolute Gasteiger partial charge is 0.335 e. The van der Waals surface area contributed by atoms with Gasteiger partial charge in [-0.05, 0) is 49.7 Å². The molecule has 140 valence electrons. The maximum Gasteiger partial charge on any atom is 0.335 e. The molecule has 0 radical (unpaired) electrons. The number of nitrogens with zero attached hydrogens (tertiary/aromatic N) is 1. The molecule has 2 N–H and O–H groups in total. The van der Waals surface area contributed by atoms with Crippen LogP contribution in [0.25, 0.3) is 0 Å². The van der Waals surface area contributed by atoms with Gasteiger partial charge in [-0.1, -0.05) is 17.7 Å². The summed E-state index contributed by atoms with van der Waals surface area (Å²) in [5.74, 6) is -1.65. The largest absolute Gasteiger partial charge is 0.482 e. The normalized spacial score (nSPS) is 14.2. The van der Waals surface area contributed by atoms with E-state index in [0.29, 0.717) is 22.0 Å². The van der Waals surface area contributed by atoms with Gasteiger partial charge in [0.15, 0.2) is 6.61 Å². The zero-order chi connectivity index (χ0) is 19.7. The monoisotopic (exact) mass is 388 g/mol. The third-order valence-electron chi connectivity index (χ3n) is 4.38. The molecule has 2 amide bonds. The summed E-state index contributed by atoms with van der Waals surface area (Å²) in [5, 5.41) is 12.5. The van der Waals surface area contributed by atoms with Gasteiger partial charge in [-0.3, -0.25) is 14.5 Å². The van der Waals surface area contributed by atoms with Crippen molar-refractivity contribution in [3.05, 3.63) is 52.5 Å². The summed E-state index contributed by atoms with van der Waals surface area (Å²) in [7, 11) is 0. The number of aromatic carboxylic acids is 1. The highest BCUT2D eigenvalue weighted by molar-refractivity contribution is 6.31. The topological polar surface area (TPSA) is 95.9 Å². The number of anilines is 2. The summed E-state index contributed by atoms with van der Waals surface area (Å²) < 4.78 is 5.35. The van der Waals surface area contributed by atoms with Gasteiger partial charge in [0.2, 0.25) is 5.91 Å². The van der Waals surface area contributed by atoms with Crippen molar-refractivity contribution in [2.24, 2.45) is 0 Å². The van der Waals surface area contributed by atoms with Gasteiger partial charge >= 0.3 is 5.97 Å². The molecule has 1 unspecified atom stereocenters. The fourth-order valence-electron chi connectivity index (χ4n) is 2.83. The fourth-order valence-corrected chi connectivity index (χ4v) is 3.00. The zero-order valence-corrected chi connectivity index (χ0v) is 15.4. The molecule has 0 saturated carbocycles. The number of rotatable bonds is 4. The second-order valence-corrected chi connectivity index (χ2v) is 6.52. The summed E-state index contributed by atoms with van der Waals surface area (Å²) in [4.78, 5) is 37.7.